The van der Waals surface area contributed by atoms with Crippen LogP contribution in [-0.4, -0.2) is 60.7 Å². The number of aryl methyl sites for hydroxylation is 1. The predicted molar refractivity (Wildman–Crippen MR) is 163 cm³/mol. The van der Waals surface area contributed by atoms with E-state index in [1.165, 1.54) is 7.05 Å². The molecule has 42 heavy (non-hydrogen) atoms. The molecule has 3 atom stereocenters. The number of benzene rings is 2. The van der Waals surface area contributed by atoms with E-state index >= 15 is 0 Å². The van der Waals surface area contributed by atoms with Crippen molar-refractivity contribution in [2.24, 2.45) is 11.7 Å². The average molecular weight is 574 g/mol. The number of carbonyl (C=O) groups is 3. The molecular formula is C32H39N5O5. The van der Waals surface area contributed by atoms with E-state index in [9.17, 15) is 19.5 Å². The van der Waals surface area contributed by atoms with Gasteiger partial charge in [-0.15, -0.1) is 0 Å². The third-order valence-electron chi connectivity index (χ3n) is 7.68. The number of nitrogens with one attached hydrogen (secondary N) is 4. The normalized spacial score (nSPS) is 18.0. The lowest BCUT2D eigenvalue weighted by Gasteiger charge is -2.17. The third-order valence-corrected chi connectivity index (χ3v) is 7.68. The van der Waals surface area contributed by atoms with Gasteiger partial charge in [0.1, 0.15) is 0 Å². The molecule has 7 N–H and O–H groups in total. The maximum atomic E-state index is 13.0. The number of hydrogen-bond acceptors (Lipinski definition) is 6. The van der Waals surface area contributed by atoms with Crippen LogP contribution < -0.4 is 21.7 Å². The minimum absolute atomic E-state index is 0.0171. The second-order valence-corrected chi connectivity index (χ2v) is 10.4. The maximum Gasteiger partial charge on any atom is 0.256 e. The molecule has 0 saturated carbocycles. The van der Waals surface area contributed by atoms with Crippen LogP contribution in [0.25, 0.3) is 11.6 Å². The average Bonchev–Trinajstić information content (AvgIpc) is 3.71. The molecule has 222 valence electrons. The molecular weight excluding hydrogens is 534 g/mol. The number of aromatic nitrogens is 1. The molecule has 2 aliphatic rings. The lowest BCUT2D eigenvalue weighted by molar-refractivity contribution is -0.110. The van der Waals surface area contributed by atoms with Gasteiger partial charge in [-0.25, -0.2) is 0 Å². The molecule has 3 amide bonds. The molecule has 1 saturated heterocycles. The molecule has 3 aromatic rings. The first kappa shape index (κ1) is 30.7. The van der Waals surface area contributed by atoms with Gasteiger partial charge in [-0.1, -0.05) is 30.3 Å². The van der Waals surface area contributed by atoms with Crippen LogP contribution in [0.5, 0.6) is 0 Å². The van der Waals surface area contributed by atoms with Crippen molar-refractivity contribution in [1.29, 1.82) is 0 Å². The SMILES string of the molecule is CN.Cc1[nH]c(/C=C2\C(=O)Nc3ccc(C(=O)NC(C)c4ccccc4)cc32)c(C)c1C(=O)NCC(O)C1CCOC1. The minimum atomic E-state index is -0.673. The summed E-state index contributed by atoms with van der Waals surface area (Å²) in [4.78, 5) is 42.2. The van der Waals surface area contributed by atoms with Crippen LogP contribution in [0.1, 0.15) is 68.2 Å². The van der Waals surface area contributed by atoms with E-state index in [2.05, 4.69) is 26.7 Å². The highest BCUT2D eigenvalue weighted by molar-refractivity contribution is 6.35. The van der Waals surface area contributed by atoms with Crippen LogP contribution >= 0.6 is 0 Å². The molecule has 3 heterocycles. The van der Waals surface area contributed by atoms with E-state index in [0.717, 1.165) is 12.0 Å². The number of aliphatic hydroxyl groups is 1. The van der Waals surface area contributed by atoms with Gasteiger partial charge in [-0.2, -0.15) is 0 Å². The third kappa shape index (κ3) is 6.62. The van der Waals surface area contributed by atoms with E-state index in [-0.39, 0.29) is 36.2 Å². The molecule has 10 nitrogen and oxygen atoms in total. The Hall–Kier alpha value is -4.25. The number of hydrogen-bond donors (Lipinski definition) is 6. The van der Waals surface area contributed by atoms with Gasteiger partial charge < -0.3 is 36.5 Å². The fraction of sp³-hybridized carbons (Fsp3) is 0.344. The summed E-state index contributed by atoms with van der Waals surface area (Å²) in [6.45, 7) is 6.79. The van der Waals surface area contributed by atoms with Crippen molar-refractivity contribution in [2.75, 3.05) is 32.1 Å². The molecule has 5 rings (SSSR count). The van der Waals surface area contributed by atoms with Crippen LogP contribution in [0.3, 0.4) is 0 Å². The number of aromatic amines is 1. The summed E-state index contributed by atoms with van der Waals surface area (Å²) in [5.41, 5.74) is 10.0. The van der Waals surface area contributed by atoms with Gasteiger partial charge in [0.15, 0.2) is 0 Å². The second-order valence-electron chi connectivity index (χ2n) is 10.4. The predicted octanol–water partition coefficient (Wildman–Crippen LogP) is 3.32. The van der Waals surface area contributed by atoms with Crippen LogP contribution in [0.4, 0.5) is 5.69 Å². The van der Waals surface area contributed by atoms with E-state index in [0.29, 0.717) is 58.1 Å². The molecule has 0 bridgehead atoms. The fourth-order valence-corrected chi connectivity index (χ4v) is 5.29. The fourth-order valence-electron chi connectivity index (χ4n) is 5.29. The molecule has 0 radical (unpaired) electrons. The van der Waals surface area contributed by atoms with Crippen molar-refractivity contribution in [3.05, 3.63) is 87.7 Å². The molecule has 0 spiro atoms. The molecule has 2 aromatic carbocycles. The summed E-state index contributed by atoms with van der Waals surface area (Å²) in [5, 5.41) is 19.1. The maximum absolute atomic E-state index is 13.0. The minimum Gasteiger partial charge on any atom is -0.391 e. The monoisotopic (exact) mass is 573 g/mol. The number of H-pyrrole nitrogens is 1. The van der Waals surface area contributed by atoms with Gasteiger partial charge in [0.25, 0.3) is 17.7 Å². The van der Waals surface area contributed by atoms with Crippen molar-refractivity contribution in [3.63, 3.8) is 0 Å². The zero-order valence-electron chi connectivity index (χ0n) is 24.4. The van der Waals surface area contributed by atoms with Gasteiger partial charge in [-0.05, 0) is 69.6 Å². The summed E-state index contributed by atoms with van der Waals surface area (Å²) in [6, 6.07) is 14.6. The van der Waals surface area contributed by atoms with Gasteiger partial charge >= 0.3 is 0 Å². The summed E-state index contributed by atoms with van der Waals surface area (Å²) >= 11 is 0. The molecule has 1 aromatic heterocycles. The van der Waals surface area contributed by atoms with Crippen molar-refractivity contribution < 1.29 is 24.2 Å². The highest BCUT2D eigenvalue weighted by atomic mass is 16.5. The van der Waals surface area contributed by atoms with Crippen molar-refractivity contribution in [1.82, 2.24) is 15.6 Å². The first-order valence-electron chi connectivity index (χ1n) is 14.1. The Labute approximate surface area is 245 Å². The van der Waals surface area contributed by atoms with Crippen LogP contribution in [-0.2, 0) is 9.53 Å². The van der Waals surface area contributed by atoms with E-state index in [1.807, 2.05) is 44.2 Å². The first-order chi connectivity index (χ1) is 20.2. The van der Waals surface area contributed by atoms with E-state index in [1.54, 1.807) is 31.2 Å². The van der Waals surface area contributed by atoms with E-state index < -0.39 is 6.10 Å². The number of rotatable bonds is 8. The Balaban J connectivity index is 0.00000198. The Morgan fingerprint density at radius 3 is 2.57 bits per heavy atom. The standard InChI is InChI=1S/C31H34N4O5.CH5N/c1-17-26(33-19(3)28(17)31(39)32-15-27(36)22-11-12-40-16-22)14-24-23-13-21(9-10-25(23)35-30(24)38)29(37)34-18(2)20-7-5-4-6-8-20;1-2/h4-10,13-14,18,22,27,33,36H,11-12,15-16H2,1-3H3,(H,32,39)(H,34,37)(H,35,38);2H2,1H3/b24-14-;. The van der Waals surface area contributed by atoms with Crippen molar-refractivity contribution in [2.45, 2.75) is 39.3 Å². The number of nitrogens with two attached hydrogens (primary N) is 1. The largest absolute Gasteiger partial charge is 0.391 e. The molecule has 0 aliphatic carbocycles. The molecule has 3 unspecified atom stereocenters. The quantitative estimate of drug-likeness (QED) is 0.227. The van der Waals surface area contributed by atoms with Crippen LogP contribution in [0, 0.1) is 19.8 Å². The number of fused-ring (bicyclic) bond motifs is 1. The Bertz CT molecular complexity index is 1470. The van der Waals surface area contributed by atoms with Gasteiger partial charge in [0, 0.05) is 47.3 Å². The lowest BCUT2D eigenvalue weighted by atomic mass is 10.0. The summed E-state index contributed by atoms with van der Waals surface area (Å²) in [7, 11) is 1.50. The summed E-state index contributed by atoms with van der Waals surface area (Å²) in [5.74, 6) is -0.806. The molecule has 1 fully saturated rings. The smallest absolute Gasteiger partial charge is 0.256 e. The topological polar surface area (TPSA) is 159 Å². The number of anilines is 1. The zero-order valence-corrected chi connectivity index (χ0v) is 24.4. The van der Waals surface area contributed by atoms with Gasteiger partial charge in [0.05, 0.1) is 29.9 Å². The van der Waals surface area contributed by atoms with E-state index in [4.69, 9.17) is 4.74 Å². The zero-order chi connectivity index (χ0) is 30.4. The number of carbonyl (C=O) groups excluding carboxylic acids is 3. The number of ether oxygens (including phenoxy) is 1. The first-order valence-corrected chi connectivity index (χ1v) is 14.1. The van der Waals surface area contributed by atoms with Crippen molar-refractivity contribution in [3.8, 4) is 0 Å². The highest BCUT2D eigenvalue weighted by Crippen LogP contribution is 2.35. The second kappa shape index (κ2) is 13.6. The number of amides is 3. The highest BCUT2D eigenvalue weighted by Gasteiger charge is 2.28. The Morgan fingerprint density at radius 2 is 1.88 bits per heavy atom. The van der Waals surface area contributed by atoms with Crippen LogP contribution in [0.2, 0.25) is 0 Å². The number of aliphatic hydroxyl groups excluding tert-OH is 1. The van der Waals surface area contributed by atoms with Gasteiger partial charge in [0.2, 0.25) is 0 Å². The van der Waals surface area contributed by atoms with Gasteiger partial charge in [-0.3, -0.25) is 14.4 Å². The lowest BCUT2D eigenvalue weighted by Crippen LogP contribution is -2.36. The summed E-state index contributed by atoms with van der Waals surface area (Å²) < 4.78 is 5.32. The summed E-state index contributed by atoms with van der Waals surface area (Å²) in [6.07, 6.45) is 1.81. The van der Waals surface area contributed by atoms with Crippen molar-refractivity contribution >= 4 is 35.1 Å². The van der Waals surface area contributed by atoms with Crippen LogP contribution in [0.15, 0.2) is 48.5 Å². The Kier molecular flexibility index (Phi) is 9.95. The molecule has 2 aliphatic heterocycles. The Morgan fingerprint density at radius 1 is 1.14 bits per heavy atom. The molecule has 10 heteroatoms.